The van der Waals surface area contributed by atoms with Crippen molar-refractivity contribution in [2.45, 2.75) is 33.2 Å². The normalized spacial score (nSPS) is 12.3. The number of benzene rings is 1. The van der Waals surface area contributed by atoms with Crippen LogP contribution in [0.3, 0.4) is 0 Å². The predicted octanol–water partition coefficient (Wildman–Crippen LogP) is 2.66. The maximum Gasteiger partial charge on any atom is 0.319 e. The number of aliphatic hydroxyl groups excluding tert-OH is 1. The molecule has 0 saturated heterocycles. The minimum Gasteiger partial charge on any atom is -0.394 e. The van der Waals surface area contributed by atoms with Gasteiger partial charge in [0.2, 0.25) is 0 Å². The molecule has 0 saturated carbocycles. The van der Waals surface area contributed by atoms with Crippen LogP contribution in [0, 0.1) is 18.7 Å². The Morgan fingerprint density at radius 2 is 2.11 bits per heavy atom. The van der Waals surface area contributed by atoms with E-state index in [9.17, 15) is 9.18 Å². The molecule has 106 valence electrons. The van der Waals surface area contributed by atoms with Gasteiger partial charge >= 0.3 is 6.03 Å². The summed E-state index contributed by atoms with van der Waals surface area (Å²) in [5.74, 6) is 0.00737. The summed E-state index contributed by atoms with van der Waals surface area (Å²) in [6, 6.07) is 3.76. The molecule has 4 nitrogen and oxygen atoms in total. The van der Waals surface area contributed by atoms with Gasteiger partial charge in [-0.3, -0.25) is 0 Å². The molecule has 0 aliphatic carbocycles. The molecule has 3 N–H and O–H groups in total. The molecule has 1 unspecified atom stereocenters. The summed E-state index contributed by atoms with van der Waals surface area (Å²) in [4.78, 5) is 11.7. The highest BCUT2D eigenvalue weighted by Gasteiger charge is 2.13. The van der Waals surface area contributed by atoms with E-state index in [4.69, 9.17) is 5.11 Å². The molecule has 19 heavy (non-hydrogen) atoms. The van der Waals surface area contributed by atoms with Crippen LogP contribution in [0.1, 0.15) is 25.8 Å². The van der Waals surface area contributed by atoms with Crippen LogP contribution >= 0.6 is 0 Å². The number of anilines is 1. The van der Waals surface area contributed by atoms with E-state index >= 15 is 0 Å². The number of hydrogen-bond acceptors (Lipinski definition) is 2. The van der Waals surface area contributed by atoms with Crippen LogP contribution < -0.4 is 10.6 Å². The van der Waals surface area contributed by atoms with Gasteiger partial charge in [-0.2, -0.15) is 0 Å². The summed E-state index contributed by atoms with van der Waals surface area (Å²) < 4.78 is 13.3. The van der Waals surface area contributed by atoms with E-state index in [1.54, 1.807) is 19.1 Å². The first-order valence-electron chi connectivity index (χ1n) is 6.37. The number of amides is 2. The van der Waals surface area contributed by atoms with Gasteiger partial charge in [-0.15, -0.1) is 0 Å². The van der Waals surface area contributed by atoms with E-state index < -0.39 is 6.03 Å². The zero-order valence-corrected chi connectivity index (χ0v) is 11.5. The number of rotatable bonds is 5. The molecule has 0 aliphatic heterocycles. The first kappa shape index (κ1) is 15.4. The number of carbonyl (C=O) groups is 1. The zero-order chi connectivity index (χ0) is 14.4. The van der Waals surface area contributed by atoms with Gasteiger partial charge in [0.05, 0.1) is 12.6 Å². The summed E-state index contributed by atoms with van der Waals surface area (Å²) in [7, 11) is 0. The molecule has 0 fully saturated rings. The number of hydrogen-bond donors (Lipinski definition) is 3. The highest BCUT2D eigenvalue weighted by Crippen LogP contribution is 2.13. The molecule has 0 bridgehead atoms. The highest BCUT2D eigenvalue weighted by molar-refractivity contribution is 5.89. The molecular weight excluding hydrogens is 247 g/mol. The third-order valence-corrected chi connectivity index (χ3v) is 2.74. The van der Waals surface area contributed by atoms with Crippen molar-refractivity contribution in [3.05, 3.63) is 29.6 Å². The van der Waals surface area contributed by atoms with Crippen molar-refractivity contribution in [3.63, 3.8) is 0 Å². The summed E-state index contributed by atoms with van der Waals surface area (Å²) >= 11 is 0. The van der Waals surface area contributed by atoms with E-state index in [1.807, 2.05) is 13.8 Å². The minimum absolute atomic E-state index is 0.117. The maximum atomic E-state index is 13.3. The molecule has 5 heteroatoms. The molecule has 1 atom stereocenters. The fourth-order valence-electron chi connectivity index (χ4n) is 1.77. The lowest BCUT2D eigenvalue weighted by atomic mass is 10.0. The van der Waals surface area contributed by atoms with E-state index in [0.717, 1.165) is 0 Å². The Kier molecular flexibility index (Phi) is 5.76. The number of aryl methyl sites for hydroxylation is 1. The van der Waals surface area contributed by atoms with Gasteiger partial charge in [0.1, 0.15) is 5.82 Å². The van der Waals surface area contributed by atoms with Gasteiger partial charge < -0.3 is 15.7 Å². The zero-order valence-electron chi connectivity index (χ0n) is 11.5. The van der Waals surface area contributed by atoms with Gasteiger partial charge in [0.15, 0.2) is 0 Å². The molecule has 2 amide bonds. The van der Waals surface area contributed by atoms with Crippen molar-refractivity contribution in [2.75, 3.05) is 11.9 Å². The van der Waals surface area contributed by atoms with E-state index in [-0.39, 0.29) is 18.5 Å². The van der Waals surface area contributed by atoms with Gasteiger partial charge in [-0.1, -0.05) is 19.9 Å². The summed E-state index contributed by atoms with van der Waals surface area (Å²) in [5, 5.41) is 14.4. The van der Waals surface area contributed by atoms with Gasteiger partial charge in [-0.25, -0.2) is 9.18 Å². The third-order valence-electron chi connectivity index (χ3n) is 2.74. The Bertz CT molecular complexity index is 435. The molecule has 0 heterocycles. The Morgan fingerprint density at radius 3 is 2.63 bits per heavy atom. The van der Waals surface area contributed by atoms with Gasteiger partial charge in [-0.05, 0) is 37.0 Å². The van der Waals surface area contributed by atoms with Crippen LogP contribution in [0.4, 0.5) is 14.9 Å². The SMILES string of the molecule is Cc1ccc(NC(=O)NC(CO)CC(C)C)cc1F. The van der Waals surface area contributed by atoms with E-state index in [2.05, 4.69) is 10.6 Å². The standard InChI is InChI=1S/C14H21FN2O2/c1-9(2)6-12(8-18)17-14(19)16-11-5-4-10(3)13(15)7-11/h4-5,7,9,12,18H,6,8H2,1-3H3,(H2,16,17,19). The number of urea groups is 1. The van der Waals surface area contributed by atoms with Crippen molar-refractivity contribution in [1.29, 1.82) is 0 Å². The number of carbonyl (C=O) groups excluding carboxylic acids is 1. The van der Waals surface area contributed by atoms with Gasteiger partial charge in [0, 0.05) is 5.69 Å². The highest BCUT2D eigenvalue weighted by atomic mass is 19.1. The molecule has 1 aromatic rings. The van der Waals surface area contributed by atoms with Crippen LogP contribution in [0.25, 0.3) is 0 Å². The van der Waals surface area contributed by atoms with Gasteiger partial charge in [0.25, 0.3) is 0 Å². The first-order chi connectivity index (χ1) is 8.92. The predicted molar refractivity (Wildman–Crippen MR) is 73.6 cm³/mol. The Hall–Kier alpha value is -1.62. The molecule has 1 rings (SSSR count). The smallest absolute Gasteiger partial charge is 0.319 e. The van der Waals surface area contributed by atoms with Crippen LogP contribution in [0.15, 0.2) is 18.2 Å². The minimum atomic E-state index is -0.442. The van der Waals surface area contributed by atoms with Crippen LogP contribution in [0.5, 0.6) is 0 Å². The summed E-state index contributed by atoms with van der Waals surface area (Å²) in [6.45, 7) is 5.56. The van der Waals surface area contributed by atoms with Crippen molar-refractivity contribution in [3.8, 4) is 0 Å². The first-order valence-corrected chi connectivity index (χ1v) is 6.37. The number of aliphatic hydroxyl groups is 1. The number of nitrogens with one attached hydrogen (secondary N) is 2. The molecular formula is C14H21FN2O2. The molecule has 0 spiro atoms. The van der Waals surface area contributed by atoms with Crippen molar-refractivity contribution in [1.82, 2.24) is 5.32 Å². The third kappa shape index (κ3) is 5.26. The Balaban J connectivity index is 2.56. The van der Waals surface area contributed by atoms with E-state index in [0.29, 0.717) is 23.6 Å². The fraction of sp³-hybridized carbons (Fsp3) is 0.500. The molecule has 0 aliphatic rings. The largest absolute Gasteiger partial charge is 0.394 e. The van der Waals surface area contributed by atoms with Crippen molar-refractivity contribution < 1.29 is 14.3 Å². The van der Waals surface area contributed by atoms with Crippen molar-refractivity contribution in [2.24, 2.45) is 5.92 Å². The lowest BCUT2D eigenvalue weighted by Gasteiger charge is -2.18. The quantitative estimate of drug-likeness (QED) is 0.769. The second-order valence-electron chi connectivity index (χ2n) is 5.07. The van der Waals surface area contributed by atoms with E-state index in [1.165, 1.54) is 6.07 Å². The average molecular weight is 268 g/mol. The van der Waals surface area contributed by atoms with Crippen molar-refractivity contribution >= 4 is 11.7 Å². The van der Waals surface area contributed by atoms with Crippen LogP contribution in [0.2, 0.25) is 0 Å². The molecule has 0 radical (unpaired) electrons. The maximum absolute atomic E-state index is 13.3. The molecule has 0 aromatic heterocycles. The Labute approximate surface area is 113 Å². The van der Waals surface area contributed by atoms with Crippen LogP contribution in [-0.4, -0.2) is 23.8 Å². The monoisotopic (exact) mass is 268 g/mol. The van der Waals surface area contributed by atoms with Crippen LogP contribution in [-0.2, 0) is 0 Å². The summed E-state index contributed by atoms with van der Waals surface area (Å²) in [6.07, 6.45) is 0.687. The lowest BCUT2D eigenvalue weighted by molar-refractivity contribution is 0.214. The Morgan fingerprint density at radius 1 is 1.42 bits per heavy atom. The summed E-state index contributed by atoms with van der Waals surface area (Å²) in [5.41, 5.74) is 0.917. The number of halogens is 1. The second kappa shape index (κ2) is 7.09. The second-order valence-corrected chi connectivity index (χ2v) is 5.07. The lowest BCUT2D eigenvalue weighted by Crippen LogP contribution is -2.40. The fourth-order valence-corrected chi connectivity index (χ4v) is 1.77. The topological polar surface area (TPSA) is 61.4 Å². The molecule has 1 aromatic carbocycles. The average Bonchev–Trinajstić information content (AvgIpc) is 2.32.